The highest BCUT2D eigenvalue weighted by Gasteiger charge is 2.21. The van der Waals surface area contributed by atoms with Gasteiger partial charge in [0.1, 0.15) is 5.82 Å². The predicted octanol–water partition coefficient (Wildman–Crippen LogP) is 2.46. The number of aromatic nitrogens is 3. The van der Waals surface area contributed by atoms with E-state index in [-0.39, 0.29) is 11.8 Å². The number of amides is 2. The van der Waals surface area contributed by atoms with Gasteiger partial charge in [0.2, 0.25) is 11.8 Å². The van der Waals surface area contributed by atoms with Gasteiger partial charge in [-0.2, -0.15) is 0 Å². The lowest BCUT2D eigenvalue weighted by molar-refractivity contribution is -0.117. The molecule has 0 saturated carbocycles. The normalized spacial score (nSPS) is 17.0. The lowest BCUT2D eigenvalue weighted by Crippen LogP contribution is -2.23. The molecule has 1 aromatic heterocycles. The van der Waals surface area contributed by atoms with Gasteiger partial charge in [0, 0.05) is 37.7 Å². The van der Waals surface area contributed by atoms with E-state index in [1.54, 1.807) is 6.08 Å². The number of fused-ring (bicyclic) bond motifs is 1. The van der Waals surface area contributed by atoms with Crippen LogP contribution in [0.1, 0.15) is 49.3 Å². The second-order valence-corrected chi connectivity index (χ2v) is 7.29. The summed E-state index contributed by atoms with van der Waals surface area (Å²) in [6.45, 7) is 2.09. The average molecular weight is 379 g/mol. The Kier molecular flexibility index (Phi) is 5.50. The van der Waals surface area contributed by atoms with Crippen molar-refractivity contribution in [3.63, 3.8) is 0 Å². The molecule has 1 aromatic carbocycles. The van der Waals surface area contributed by atoms with Gasteiger partial charge in [-0.15, -0.1) is 10.2 Å². The zero-order valence-corrected chi connectivity index (χ0v) is 15.9. The highest BCUT2D eigenvalue weighted by Crippen LogP contribution is 2.22. The number of carbonyl (C=O) groups excluding carboxylic acids is 2. The van der Waals surface area contributed by atoms with Crippen LogP contribution in [0.2, 0.25) is 0 Å². The van der Waals surface area contributed by atoms with Crippen LogP contribution in [0.4, 0.5) is 5.69 Å². The van der Waals surface area contributed by atoms with E-state index in [1.807, 2.05) is 29.2 Å². The van der Waals surface area contributed by atoms with Crippen LogP contribution in [0.25, 0.3) is 6.08 Å². The van der Waals surface area contributed by atoms with Gasteiger partial charge in [0.05, 0.1) is 6.54 Å². The minimum Gasteiger partial charge on any atom is -0.345 e. The Morgan fingerprint density at radius 1 is 1.04 bits per heavy atom. The number of nitrogens with one attached hydrogen (secondary N) is 1. The Morgan fingerprint density at radius 3 is 2.68 bits per heavy atom. The maximum Gasteiger partial charge on any atom is 0.244 e. The number of hydrogen-bond acceptors (Lipinski definition) is 4. The van der Waals surface area contributed by atoms with Crippen LogP contribution in [-0.4, -0.2) is 33.1 Å². The van der Waals surface area contributed by atoms with Crippen LogP contribution < -0.4 is 10.2 Å². The number of rotatable bonds is 5. The molecule has 1 fully saturated rings. The highest BCUT2D eigenvalue weighted by atomic mass is 16.2. The quantitative estimate of drug-likeness (QED) is 0.810. The Labute approximate surface area is 164 Å². The van der Waals surface area contributed by atoms with Crippen molar-refractivity contribution in [2.24, 2.45) is 0 Å². The summed E-state index contributed by atoms with van der Waals surface area (Å²) in [5.41, 5.74) is 1.83. The molecule has 0 unspecified atom stereocenters. The number of hydrogen-bond donors (Lipinski definition) is 1. The van der Waals surface area contributed by atoms with Crippen molar-refractivity contribution in [1.29, 1.82) is 0 Å². The molecular weight excluding hydrogens is 354 g/mol. The number of aryl methyl sites for hydroxylation is 1. The van der Waals surface area contributed by atoms with Crippen LogP contribution in [0.3, 0.4) is 0 Å². The molecular formula is C21H25N5O2. The molecule has 4 rings (SSSR count). The summed E-state index contributed by atoms with van der Waals surface area (Å²) >= 11 is 0. The van der Waals surface area contributed by atoms with Gasteiger partial charge >= 0.3 is 0 Å². The van der Waals surface area contributed by atoms with E-state index in [9.17, 15) is 9.59 Å². The van der Waals surface area contributed by atoms with Gasteiger partial charge in [-0.25, -0.2) is 0 Å². The Balaban J connectivity index is 1.32. The van der Waals surface area contributed by atoms with Gasteiger partial charge < -0.3 is 14.8 Å². The fraction of sp³-hybridized carbons (Fsp3) is 0.429. The summed E-state index contributed by atoms with van der Waals surface area (Å²) in [6, 6.07) is 7.69. The molecule has 28 heavy (non-hydrogen) atoms. The molecule has 7 nitrogen and oxygen atoms in total. The van der Waals surface area contributed by atoms with Crippen LogP contribution in [0.5, 0.6) is 0 Å². The number of carbonyl (C=O) groups is 2. The SMILES string of the molecule is O=C(C=Cc1ccc(N2CCCC2=O)cc1)NCc1nnc2n1CCCCC2. The maximum atomic E-state index is 12.2. The zero-order valence-electron chi connectivity index (χ0n) is 15.9. The lowest BCUT2D eigenvalue weighted by atomic mass is 10.2. The first-order valence-corrected chi connectivity index (χ1v) is 9.98. The van der Waals surface area contributed by atoms with Crippen molar-refractivity contribution in [1.82, 2.24) is 20.1 Å². The van der Waals surface area contributed by atoms with Crippen LogP contribution in [-0.2, 0) is 29.1 Å². The molecule has 2 amide bonds. The van der Waals surface area contributed by atoms with Crippen molar-refractivity contribution in [2.75, 3.05) is 11.4 Å². The zero-order chi connectivity index (χ0) is 19.3. The van der Waals surface area contributed by atoms with Gasteiger partial charge in [-0.05, 0) is 43.0 Å². The predicted molar refractivity (Wildman–Crippen MR) is 106 cm³/mol. The third-order valence-corrected chi connectivity index (χ3v) is 5.31. The molecule has 0 radical (unpaired) electrons. The van der Waals surface area contributed by atoms with E-state index in [1.165, 1.54) is 12.5 Å². The van der Waals surface area contributed by atoms with Gasteiger partial charge in [-0.3, -0.25) is 9.59 Å². The average Bonchev–Trinajstić information content (AvgIpc) is 3.23. The van der Waals surface area contributed by atoms with Crippen molar-refractivity contribution < 1.29 is 9.59 Å². The molecule has 2 aliphatic heterocycles. The minimum absolute atomic E-state index is 0.162. The third kappa shape index (κ3) is 4.13. The molecule has 0 spiro atoms. The topological polar surface area (TPSA) is 80.1 Å². The Hall–Kier alpha value is -2.96. The van der Waals surface area contributed by atoms with E-state index < -0.39 is 0 Å². The standard InChI is InChI=1S/C21H25N5O2/c27-20(22-15-19-24-23-18-5-2-1-3-13-26(18)19)12-9-16-7-10-17(11-8-16)25-14-4-6-21(25)28/h7-12H,1-6,13-15H2,(H,22,27). The Bertz CT molecular complexity index is 885. The molecule has 2 aliphatic rings. The van der Waals surface area contributed by atoms with Crippen LogP contribution in [0, 0.1) is 0 Å². The van der Waals surface area contributed by atoms with E-state index in [2.05, 4.69) is 20.1 Å². The van der Waals surface area contributed by atoms with E-state index in [0.29, 0.717) is 13.0 Å². The molecule has 146 valence electrons. The van der Waals surface area contributed by atoms with Crippen LogP contribution in [0.15, 0.2) is 30.3 Å². The fourth-order valence-corrected chi connectivity index (χ4v) is 3.76. The van der Waals surface area contributed by atoms with Gasteiger partial charge in [0.15, 0.2) is 5.82 Å². The molecule has 0 atom stereocenters. The summed E-state index contributed by atoms with van der Waals surface area (Å²) in [5.74, 6) is 1.85. The Morgan fingerprint density at radius 2 is 1.89 bits per heavy atom. The summed E-state index contributed by atoms with van der Waals surface area (Å²) in [7, 11) is 0. The third-order valence-electron chi connectivity index (χ3n) is 5.31. The van der Waals surface area contributed by atoms with Gasteiger partial charge in [-0.1, -0.05) is 18.6 Å². The first kappa shape index (κ1) is 18.4. The molecule has 0 bridgehead atoms. The van der Waals surface area contributed by atoms with E-state index in [0.717, 1.165) is 61.7 Å². The highest BCUT2D eigenvalue weighted by molar-refractivity contribution is 5.95. The summed E-state index contributed by atoms with van der Waals surface area (Å²) < 4.78 is 2.13. The van der Waals surface area contributed by atoms with Crippen molar-refractivity contribution in [3.8, 4) is 0 Å². The number of nitrogens with zero attached hydrogens (tertiary/aromatic N) is 4. The van der Waals surface area contributed by atoms with Crippen LogP contribution >= 0.6 is 0 Å². The molecule has 2 aromatic rings. The lowest BCUT2D eigenvalue weighted by Gasteiger charge is -2.15. The van der Waals surface area contributed by atoms with Crippen molar-refractivity contribution in [3.05, 3.63) is 47.6 Å². The fourth-order valence-electron chi connectivity index (χ4n) is 3.76. The molecule has 0 aliphatic carbocycles. The summed E-state index contributed by atoms with van der Waals surface area (Å²) in [5, 5.41) is 11.4. The largest absolute Gasteiger partial charge is 0.345 e. The van der Waals surface area contributed by atoms with E-state index >= 15 is 0 Å². The van der Waals surface area contributed by atoms with Crippen molar-refractivity contribution >= 4 is 23.6 Å². The number of anilines is 1. The monoisotopic (exact) mass is 379 g/mol. The molecule has 7 heteroatoms. The van der Waals surface area contributed by atoms with Gasteiger partial charge in [0.25, 0.3) is 0 Å². The molecule has 1 saturated heterocycles. The van der Waals surface area contributed by atoms with E-state index in [4.69, 9.17) is 0 Å². The second-order valence-electron chi connectivity index (χ2n) is 7.29. The molecule has 1 N–H and O–H groups in total. The molecule has 3 heterocycles. The number of benzene rings is 1. The second kappa shape index (κ2) is 8.37. The first-order chi connectivity index (χ1) is 13.7. The summed E-state index contributed by atoms with van der Waals surface area (Å²) in [4.78, 5) is 25.8. The van der Waals surface area contributed by atoms with Crippen molar-refractivity contribution in [2.45, 2.75) is 51.6 Å². The minimum atomic E-state index is -0.162. The first-order valence-electron chi connectivity index (χ1n) is 9.98. The maximum absolute atomic E-state index is 12.2. The summed E-state index contributed by atoms with van der Waals surface area (Å²) in [6.07, 6.45) is 9.28. The smallest absolute Gasteiger partial charge is 0.244 e.